The minimum Gasteiger partial charge on any atom is -0.362 e. The van der Waals surface area contributed by atoms with Gasteiger partial charge in [0, 0.05) is 46.3 Å². The van der Waals surface area contributed by atoms with Crippen LogP contribution < -0.4 is 21.3 Å². The van der Waals surface area contributed by atoms with Crippen molar-refractivity contribution < 1.29 is 18.4 Å². The van der Waals surface area contributed by atoms with Gasteiger partial charge in [0.2, 0.25) is 0 Å². The van der Waals surface area contributed by atoms with Gasteiger partial charge in [-0.05, 0) is 60.7 Å². The number of nitrogens with one attached hydrogen (secondary N) is 5. The van der Waals surface area contributed by atoms with Crippen molar-refractivity contribution >= 4 is 52.0 Å². The lowest BCUT2D eigenvalue weighted by Crippen LogP contribution is -2.19. The van der Waals surface area contributed by atoms with Gasteiger partial charge in [0.25, 0.3) is 5.91 Å². The number of rotatable bonds is 5. The summed E-state index contributed by atoms with van der Waals surface area (Å²) in [6.45, 7) is 0. The van der Waals surface area contributed by atoms with Crippen molar-refractivity contribution in [2.24, 2.45) is 0 Å². The summed E-state index contributed by atoms with van der Waals surface area (Å²) in [5.74, 6) is -2.22. The maximum Gasteiger partial charge on any atom is 0.323 e. The third kappa shape index (κ3) is 4.88. The molecule has 35 heavy (non-hydrogen) atoms. The normalized spacial score (nSPS) is 13.3. The molecule has 0 bridgehead atoms. The molecule has 9 heteroatoms. The molecule has 0 saturated heterocycles. The lowest BCUT2D eigenvalue weighted by atomic mass is 10.1. The number of hydrogen-bond donors (Lipinski definition) is 5. The Kier molecular flexibility index (Phi) is 5.72. The van der Waals surface area contributed by atoms with Crippen LogP contribution in [0.4, 0.5) is 42.0 Å². The van der Waals surface area contributed by atoms with Gasteiger partial charge in [-0.2, -0.15) is 0 Å². The van der Waals surface area contributed by atoms with Crippen LogP contribution >= 0.6 is 0 Å². The Hall–Kier alpha value is -4.92. The monoisotopic (exact) mass is 471 g/mol. The van der Waals surface area contributed by atoms with E-state index in [4.69, 9.17) is 0 Å². The van der Waals surface area contributed by atoms with Crippen LogP contribution in [0, 0.1) is 11.6 Å². The van der Waals surface area contributed by atoms with Crippen molar-refractivity contribution in [1.82, 2.24) is 4.98 Å². The number of benzene rings is 3. The quantitative estimate of drug-likeness (QED) is 0.225. The van der Waals surface area contributed by atoms with E-state index in [-0.39, 0.29) is 11.6 Å². The van der Waals surface area contributed by atoms with Crippen LogP contribution in [0.15, 0.2) is 79.0 Å². The number of anilines is 5. The van der Waals surface area contributed by atoms with Crippen LogP contribution in [-0.4, -0.2) is 16.9 Å². The summed E-state index contributed by atoms with van der Waals surface area (Å²) in [7, 11) is 0. The van der Waals surface area contributed by atoms with Gasteiger partial charge < -0.3 is 26.3 Å². The lowest BCUT2D eigenvalue weighted by Gasteiger charge is -2.11. The SMILES string of the molecule is O=C(Nc1cccc(Nc2ccc3c(c2)NC(=O)/C3=C\c2ccc[nH]2)c1)Nc1ccc(F)c(F)c1. The van der Waals surface area contributed by atoms with E-state index in [2.05, 4.69) is 26.3 Å². The minimum absolute atomic E-state index is 0.126. The molecule has 0 radical (unpaired) electrons. The molecule has 1 aromatic heterocycles. The van der Waals surface area contributed by atoms with Gasteiger partial charge in [-0.1, -0.05) is 12.1 Å². The molecule has 1 aliphatic rings. The van der Waals surface area contributed by atoms with Gasteiger partial charge in [0.15, 0.2) is 11.6 Å². The van der Waals surface area contributed by atoms with E-state index in [1.165, 1.54) is 6.07 Å². The second kappa shape index (κ2) is 9.14. The summed E-state index contributed by atoms with van der Waals surface area (Å²) in [6, 6.07) is 18.8. The first-order valence-corrected chi connectivity index (χ1v) is 10.7. The molecule has 5 rings (SSSR count). The molecule has 174 valence electrons. The Labute approximate surface area is 198 Å². The zero-order valence-corrected chi connectivity index (χ0v) is 18.2. The maximum atomic E-state index is 13.3. The summed E-state index contributed by atoms with van der Waals surface area (Å²) in [4.78, 5) is 27.7. The Bertz CT molecular complexity index is 1460. The number of H-pyrrole nitrogens is 1. The molecule has 3 amide bonds. The molecule has 0 unspecified atom stereocenters. The summed E-state index contributed by atoms with van der Waals surface area (Å²) in [5.41, 5.74) is 4.96. The van der Waals surface area contributed by atoms with Gasteiger partial charge in [-0.25, -0.2) is 13.6 Å². The number of aromatic nitrogens is 1. The molecule has 5 N–H and O–H groups in total. The van der Waals surface area contributed by atoms with E-state index >= 15 is 0 Å². The van der Waals surface area contributed by atoms with E-state index in [9.17, 15) is 18.4 Å². The first kappa shape index (κ1) is 21.9. The highest BCUT2D eigenvalue weighted by atomic mass is 19.2. The minimum atomic E-state index is -1.05. The van der Waals surface area contributed by atoms with Crippen molar-refractivity contribution in [1.29, 1.82) is 0 Å². The molecular formula is C26H19F2N5O2. The van der Waals surface area contributed by atoms with Crippen LogP contribution in [-0.2, 0) is 4.79 Å². The van der Waals surface area contributed by atoms with Crippen molar-refractivity contribution in [2.45, 2.75) is 0 Å². The zero-order valence-electron chi connectivity index (χ0n) is 18.2. The van der Waals surface area contributed by atoms with E-state index in [1.54, 1.807) is 30.5 Å². The fourth-order valence-corrected chi connectivity index (χ4v) is 3.71. The average Bonchev–Trinajstić information content (AvgIpc) is 3.44. The highest BCUT2D eigenvalue weighted by Crippen LogP contribution is 2.35. The van der Waals surface area contributed by atoms with Gasteiger partial charge in [0.1, 0.15) is 0 Å². The first-order chi connectivity index (χ1) is 16.9. The van der Waals surface area contributed by atoms with Crippen LogP contribution in [0.2, 0.25) is 0 Å². The smallest absolute Gasteiger partial charge is 0.323 e. The van der Waals surface area contributed by atoms with E-state index in [1.807, 2.05) is 36.4 Å². The van der Waals surface area contributed by atoms with Gasteiger partial charge in [0.05, 0.1) is 11.3 Å². The van der Waals surface area contributed by atoms with Crippen LogP contribution in [0.3, 0.4) is 0 Å². The van der Waals surface area contributed by atoms with Gasteiger partial charge >= 0.3 is 6.03 Å². The summed E-state index contributed by atoms with van der Waals surface area (Å²) < 4.78 is 26.4. The van der Waals surface area contributed by atoms with Crippen molar-refractivity contribution in [2.75, 3.05) is 21.3 Å². The van der Waals surface area contributed by atoms with E-state index in [0.717, 1.165) is 29.1 Å². The molecule has 0 atom stereocenters. The Morgan fingerprint density at radius 1 is 0.800 bits per heavy atom. The molecule has 2 heterocycles. The number of halogens is 2. The largest absolute Gasteiger partial charge is 0.362 e. The third-order valence-corrected chi connectivity index (χ3v) is 5.31. The molecule has 3 aromatic carbocycles. The topological polar surface area (TPSA) is 98.1 Å². The van der Waals surface area contributed by atoms with Gasteiger partial charge in [-0.3, -0.25) is 4.79 Å². The molecule has 4 aromatic rings. The van der Waals surface area contributed by atoms with Crippen molar-refractivity contribution in [3.05, 3.63) is 102 Å². The Morgan fingerprint density at radius 2 is 1.54 bits per heavy atom. The standard InChI is InChI=1S/C26H19F2N5O2/c27-22-9-7-18(13-23(22)28)32-26(35)31-17-4-1-3-16(11-17)30-19-6-8-20-21(12-15-5-2-10-29-15)25(34)33-24(20)14-19/h1-14,29-30H,(H,33,34)(H2,31,32,35)/b21-12-. The summed E-state index contributed by atoms with van der Waals surface area (Å²) in [5, 5.41) is 11.2. The van der Waals surface area contributed by atoms with Crippen molar-refractivity contribution in [3.63, 3.8) is 0 Å². The number of amides is 3. The fourth-order valence-electron chi connectivity index (χ4n) is 3.71. The number of hydrogen-bond acceptors (Lipinski definition) is 3. The molecule has 7 nitrogen and oxygen atoms in total. The van der Waals surface area contributed by atoms with E-state index < -0.39 is 17.7 Å². The first-order valence-electron chi connectivity index (χ1n) is 10.7. The molecule has 0 fully saturated rings. The predicted molar refractivity (Wildman–Crippen MR) is 132 cm³/mol. The predicted octanol–water partition coefficient (Wildman–Crippen LogP) is 6.17. The fraction of sp³-hybridized carbons (Fsp3) is 0. The zero-order chi connectivity index (χ0) is 24.4. The van der Waals surface area contributed by atoms with Crippen LogP contribution in [0.25, 0.3) is 11.6 Å². The van der Waals surface area contributed by atoms with Crippen molar-refractivity contribution in [3.8, 4) is 0 Å². The number of aromatic amines is 1. The molecule has 0 aliphatic carbocycles. The average molecular weight is 471 g/mol. The molecular weight excluding hydrogens is 452 g/mol. The molecule has 0 saturated carbocycles. The Balaban J connectivity index is 1.27. The van der Waals surface area contributed by atoms with E-state index in [0.29, 0.717) is 22.6 Å². The highest BCUT2D eigenvalue weighted by molar-refractivity contribution is 6.35. The number of carbonyl (C=O) groups is 2. The summed E-state index contributed by atoms with van der Waals surface area (Å²) in [6.07, 6.45) is 3.59. The molecule has 0 spiro atoms. The van der Waals surface area contributed by atoms with Gasteiger partial charge in [-0.15, -0.1) is 0 Å². The number of fused-ring (bicyclic) bond motifs is 1. The number of carbonyl (C=O) groups excluding carboxylic acids is 2. The molecule has 1 aliphatic heterocycles. The Morgan fingerprint density at radius 3 is 2.31 bits per heavy atom. The third-order valence-electron chi connectivity index (χ3n) is 5.31. The van der Waals surface area contributed by atoms with Crippen LogP contribution in [0.5, 0.6) is 0 Å². The number of urea groups is 1. The maximum absolute atomic E-state index is 13.3. The lowest BCUT2D eigenvalue weighted by molar-refractivity contribution is -0.110. The summed E-state index contributed by atoms with van der Waals surface area (Å²) >= 11 is 0. The second-order valence-corrected chi connectivity index (χ2v) is 7.81. The van der Waals surface area contributed by atoms with Crippen LogP contribution in [0.1, 0.15) is 11.3 Å². The highest BCUT2D eigenvalue weighted by Gasteiger charge is 2.24. The second-order valence-electron chi connectivity index (χ2n) is 7.81.